The second-order valence-corrected chi connectivity index (χ2v) is 7.25. The number of ether oxygens (including phenoxy) is 2. The third kappa shape index (κ3) is 6.25. The first-order valence-corrected chi connectivity index (χ1v) is 10.5. The number of para-hydroxylation sites is 1. The number of aromatic nitrogens is 2. The van der Waals surface area contributed by atoms with Crippen molar-refractivity contribution in [2.24, 2.45) is 0 Å². The first-order valence-electron chi connectivity index (χ1n) is 10.5. The van der Waals surface area contributed by atoms with E-state index in [1.165, 1.54) is 0 Å². The van der Waals surface area contributed by atoms with Crippen LogP contribution in [0.5, 0.6) is 11.5 Å². The Balaban J connectivity index is 1.77. The van der Waals surface area contributed by atoms with Crippen LogP contribution in [-0.4, -0.2) is 40.7 Å². The average molecular weight is 423 g/mol. The van der Waals surface area contributed by atoms with Crippen molar-refractivity contribution in [3.05, 3.63) is 72.3 Å². The van der Waals surface area contributed by atoms with Gasteiger partial charge in [-0.25, -0.2) is 9.78 Å². The highest BCUT2D eigenvalue weighted by atomic mass is 16.5. The number of amides is 2. The molecule has 3 aromatic rings. The molecule has 0 aliphatic rings. The van der Waals surface area contributed by atoms with Crippen LogP contribution >= 0.6 is 0 Å². The number of hydrogen-bond donors (Lipinski definition) is 1. The van der Waals surface area contributed by atoms with Crippen LogP contribution in [0.1, 0.15) is 24.5 Å². The molecule has 7 heteroatoms. The lowest BCUT2D eigenvalue weighted by molar-refractivity contribution is 0.206. The van der Waals surface area contributed by atoms with E-state index < -0.39 is 0 Å². The summed E-state index contributed by atoms with van der Waals surface area (Å²) in [7, 11) is 1.60. The SMILES string of the molecule is CCOc1ccccc1CN(CCCn1ccnc1)C(=O)Nc1cc(C)ccc1OC. The molecule has 0 saturated heterocycles. The maximum atomic E-state index is 13.3. The molecule has 7 nitrogen and oxygen atoms in total. The molecule has 0 fully saturated rings. The monoisotopic (exact) mass is 422 g/mol. The quantitative estimate of drug-likeness (QED) is 0.513. The minimum Gasteiger partial charge on any atom is -0.495 e. The van der Waals surface area contributed by atoms with Crippen molar-refractivity contribution in [3.63, 3.8) is 0 Å². The third-order valence-electron chi connectivity index (χ3n) is 4.92. The molecule has 0 spiro atoms. The summed E-state index contributed by atoms with van der Waals surface area (Å²) in [5.74, 6) is 1.43. The highest BCUT2D eigenvalue weighted by molar-refractivity contribution is 5.91. The van der Waals surface area contributed by atoms with E-state index in [0.717, 1.165) is 29.8 Å². The molecule has 0 radical (unpaired) electrons. The number of carbonyl (C=O) groups is 1. The molecule has 0 bridgehead atoms. The third-order valence-corrected chi connectivity index (χ3v) is 4.92. The smallest absolute Gasteiger partial charge is 0.322 e. The molecule has 0 atom stereocenters. The normalized spacial score (nSPS) is 10.5. The number of nitrogens with zero attached hydrogens (tertiary/aromatic N) is 3. The molecule has 31 heavy (non-hydrogen) atoms. The fourth-order valence-corrected chi connectivity index (χ4v) is 3.37. The largest absolute Gasteiger partial charge is 0.495 e. The summed E-state index contributed by atoms with van der Waals surface area (Å²) >= 11 is 0. The number of rotatable bonds is 10. The number of urea groups is 1. The van der Waals surface area contributed by atoms with E-state index in [4.69, 9.17) is 9.47 Å². The van der Waals surface area contributed by atoms with E-state index in [2.05, 4.69) is 10.3 Å². The Morgan fingerprint density at radius 1 is 1.19 bits per heavy atom. The molecular weight excluding hydrogens is 392 g/mol. The van der Waals surface area contributed by atoms with E-state index in [9.17, 15) is 4.79 Å². The Hall–Kier alpha value is -3.48. The predicted molar refractivity (Wildman–Crippen MR) is 122 cm³/mol. The standard InChI is InChI=1S/C24H30N4O3/c1-4-31-22-9-6-5-8-20(22)17-28(14-7-13-27-15-12-25-18-27)24(29)26-21-16-19(2)10-11-23(21)30-3/h5-6,8-12,15-16,18H,4,7,13-14,17H2,1-3H3,(H,26,29). The van der Waals surface area contributed by atoms with Gasteiger partial charge in [0.05, 0.1) is 32.3 Å². The number of imidazole rings is 1. The number of hydrogen-bond acceptors (Lipinski definition) is 4. The summed E-state index contributed by atoms with van der Waals surface area (Å²) in [4.78, 5) is 19.1. The average Bonchev–Trinajstić information content (AvgIpc) is 3.28. The van der Waals surface area contributed by atoms with Gasteiger partial charge >= 0.3 is 6.03 Å². The van der Waals surface area contributed by atoms with E-state index in [-0.39, 0.29) is 6.03 Å². The molecule has 1 aromatic heterocycles. The van der Waals surface area contributed by atoms with Gasteiger partial charge in [-0.2, -0.15) is 0 Å². The van der Waals surface area contributed by atoms with Crippen LogP contribution in [0.3, 0.4) is 0 Å². The Bertz CT molecular complexity index is 973. The first kappa shape index (κ1) is 22.2. The van der Waals surface area contributed by atoms with Crippen molar-refractivity contribution in [2.75, 3.05) is 25.6 Å². The molecule has 0 unspecified atom stereocenters. The molecule has 0 aliphatic carbocycles. The number of benzene rings is 2. The van der Waals surface area contributed by atoms with Gasteiger partial charge in [-0.15, -0.1) is 0 Å². The zero-order chi connectivity index (χ0) is 22.1. The van der Waals surface area contributed by atoms with Gasteiger partial charge in [0.1, 0.15) is 11.5 Å². The predicted octanol–water partition coefficient (Wildman–Crippen LogP) is 4.72. The van der Waals surface area contributed by atoms with Gasteiger partial charge in [-0.1, -0.05) is 24.3 Å². The molecule has 3 rings (SSSR count). The highest BCUT2D eigenvalue weighted by Gasteiger charge is 2.18. The Morgan fingerprint density at radius 3 is 2.77 bits per heavy atom. The number of aryl methyl sites for hydroxylation is 2. The minimum absolute atomic E-state index is 0.180. The topological polar surface area (TPSA) is 68.6 Å². The number of anilines is 1. The maximum absolute atomic E-state index is 13.3. The van der Waals surface area contributed by atoms with Gasteiger partial charge in [0.15, 0.2) is 0 Å². The van der Waals surface area contributed by atoms with E-state index in [1.807, 2.05) is 67.1 Å². The zero-order valence-electron chi connectivity index (χ0n) is 18.4. The number of nitrogens with one attached hydrogen (secondary N) is 1. The van der Waals surface area contributed by atoms with Crippen LogP contribution < -0.4 is 14.8 Å². The molecule has 2 amide bonds. The lowest BCUT2D eigenvalue weighted by Crippen LogP contribution is -2.36. The molecule has 0 aliphatic heterocycles. The van der Waals surface area contributed by atoms with E-state index >= 15 is 0 Å². The maximum Gasteiger partial charge on any atom is 0.322 e. The van der Waals surface area contributed by atoms with Crippen molar-refractivity contribution in [1.29, 1.82) is 0 Å². The van der Waals surface area contributed by atoms with Crippen molar-refractivity contribution < 1.29 is 14.3 Å². The summed E-state index contributed by atoms with van der Waals surface area (Å²) in [5, 5.41) is 3.02. The summed E-state index contributed by atoms with van der Waals surface area (Å²) in [6, 6.07) is 13.4. The summed E-state index contributed by atoms with van der Waals surface area (Å²) in [5.41, 5.74) is 2.67. The van der Waals surface area contributed by atoms with Gasteiger partial charge in [0.2, 0.25) is 0 Å². The number of methoxy groups -OCH3 is 1. The molecule has 1 N–H and O–H groups in total. The second kappa shape index (κ2) is 11.1. The van der Waals surface area contributed by atoms with Crippen LogP contribution in [0, 0.1) is 6.92 Å². The van der Waals surface area contributed by atoms with E-state index in [1.54, 1.807) is 24.5 Å². The minimum atomic E-state index is -0.180. The van der Waals surface area contributed by atoms with Crippen molar-refractivity contribution >= 4 is 11.7 Å². The summed E-state index contributed by atoms with van der Waals surface area (Å²) in [6.07, 6.45) is 6.26. The fourth-order valence-electron chi connectivity index (χ4n) is 3.37. The van der Waals surface area contributed by atoms with Crippen molar-refractivity contribution in [2.45, 2.75) is 33.4 Å². The van der Waals surface area contributed by atoms with Crippen LogP contribution in [0.4, 0.5) is 10.5 Å². The van der Waals surface area contributed by atoms with Gasteiger partial charge in [0, 0.05) is 31.0 Å². The molecule has 2 aromatic carbocycles. The van der Waals surface area contributed by atoms with Crippen LogP contribution in [-0.2, 0) is 13.1 Å². The molecule has 0 saturated carbocycles. The molecular formula is C24H30N4O3. The van der Waals surface area contributed by atoms with Crippen molar-refractivity contribution in [1.82, 2.24) is 14.5 Å². The van der Waals surface area contributed by atoms with Gasteiger partial charge in [-0.3, -0.25) is 0 Å². The van der Waals surface area contributed by atoms with Crippen molar-refractivity contribution in [3.8, 4) is 11.5 Å². The second-order valence-electron chi connectivity index (χ2n) is 7.25. The van der Waals surface area contributed by atoms with Crippen LogP contribution in [0.2, 0.25) is 0 Å². The van der Waals surface area contributed by atoms with Gasteiger partial charge in [-0.05, 0) is 44.0 Å². The Morgan fingerprint density at radius 2 is 2.03 bits per heavy atom. The van der Waals surface area contributed by atoms with Crippen LogP contribution in [0.25, 0.3) is 0 Å². The van der Waals surface area contributed by atoms with E-state index in [0.29, 0.717) is 31.1 Å². The molecule has 1 heterocycles. The lowest BCUT2D eigenvalue weighted by Gasteiger charge is -2.25. The zero-order valence-corrected chi connectivity index (χ0v) is 18.4. The molecule has 164 valence electrons. The highest BCUT2D eigenvalue weighted by Crippen LogP contribution is 2.26. The lowest BCUT2D eigenvalue weighted by atomic mass is 10.2. The fraction of sp³-hybridized carbons (Fsp3) is 0.333. The van der Waals surface area contributed by atoms with Crippen LogP contribution in [0.15, 0.2) is 61.2 Å². The Kier molecular flexibility index (Phi) is 7.92. The first-order chi connectivity index (χ1) is 15.1. The number of carbonyl (C=O) groups excluding carboxylic acids is 1. The summed E-state index contributed by atoms with van der Waals surface area (Å²) in [6.45, 7) is 6.32. The summed E-state index contributed by atoms with van der Waals surface area (Å²) < 4.78 is 13.2. The Labute approximate surface area is 183 Å². The van der Waals surface area contributed by atoms with Gasteiger partial charge < -0.3 is 24.3 Å². The van der Waals surface area contributed by atoms with Gasteiger partial charge in [0.25, 0.3) is 0 Å².